The fourth-order valence-electron chi connectivity index (χ4n) is 2.51. The molecule has 0 aliphatic heterocycles. The van der Waals surface area contributed by atoms with Crippen molar-refractivity contribution in [2.24, 2.45) is 0 Å². The molecule has 0 saturated heterocycles. The normalized spacial score (nSPS) is 14.8. The van der Waals surface area contributed by atoms with Crippen LogP contribution in [0.25, 0.3) is 0 Å². The molecule has 18 heavy (non-hydrogen) atoms. The number of hydrogen-bond acceptors (Lipinski definition) is 2. The Labute approximate surface area is 108 Å². The lowest BCUT2D eigenvalue weighted by Gasteiger charge is -2.39. The second-order valence-electron chi connectivity index (χ2n) is 4.55. The average Bonchev–Trinajstić information content (AvgIpc) is 2.31. The molecule has 0 rings (SSSR count). The van der Waals surface area contributed by atoms with Gasteiger partial charge in [-0.15, -0.1) is 0 Å². The molecule has 0 aromatic carbocycles. The number of likely N-dealkylation sites (N-methyl/N-ethyl adjacent to an activating group) is 1. The van der Waals surface area contributed by atoms with Crippen LogP contribution in [0.2, 0.25) is 0 Å². The van der Waals surface area contributed by atoms with Crippen LogP contribution in [0, 0.1) is 0 Å². The van der Waals surface area contributed by atoms with Crippen molar-refractivity contribution in [2.75, 3.05) is 13.7 Å². The van der Waals surface area contributed by atoms with Crippen LogP contribution in [0.15, 0.2) is 0 Å². The van der Waals surface area contributed by atoms with Crippen LogP contribution >= 0.6 is 0 Å². The van der Waals surface area contributed by atoms with Crippen LogP contribution < -0.4 is 5.32 Å². The summed E-state index contributed by atoms with van der Waals surface area (Å²) < 4.78 is 42.3. The lowest BCUT2D eigenvalue weighted by molar-refractivity contribution is -0.137. The summed E-state index contributed by atoms with van der Waals surface area (Å²) in [7, 11) is 1.79. The lowest BCUT2D eigenvalue weighted by atomic mass is 9.85. The van der Waals surface area contributed by atoms with Crippen molar-refractivity contribution < 1.29 is 17.9 Å². The highest BCUT2D eigenvalue weighted by Crippen LogP contribution is 2.30. The Morgan fingerprint density at radius 3 is 2.00 bits per heavy atom. The highest BCUT2D eigenvalue weighted by Gasteiger charge is 2.36. The molecule has 0 aliphatic carbocycles. The van der Waals surface area contributed by atoms with Crippen molar-refractivity contribution in [1.29, 1.82) is 0 Å². The van der Waals surface area contributed by atoms with Gasteiger partial charge in [0.05, 0.1) is 5.60 Å². The molecule has 0 fully saturated rings. The Morgan fingerprint density at radius 1 is 1.11 bits per heavy atom. The van der Waals surface area contributed by atoms with E-state index in [1.165, 1.54) is 0 Å². The van der Waals surface area contributed by atoms with Crippen molar-refractivity contribution in [3.63, 3.8) is 0 Å². The van der Waals surface area contributed by atoms with E-state index in [0.717, 1.165) is 12.8 Å². The summed E-state index contributed by atoms with van der Waals surface area (Å²) in [5, 5.41) is 3.12. The maximum absolute atomic E-state index is 12.2. The molecule has 0 aromatic rings. The first-order valence-electron chi connectivity index (χ1n) is 6.73. The van der Waals surface area contributed by atoms with Crippen LogP contribution in [0.3, 0.4) is 0 Å². The molecule has 0 aliphatic rings. The van der Waals surface area contributed by atoms with Crippen molar-refractivity contribution in [3.05, 3.63) is 0 Å². The Morgan fingerprint density at radius 2 is 1.67 bits per heavy atom. The van der Waals surface area contributed by atoms with Gasteiger partial charge in [-0.2, -0.15) is 13.2 Å². The number of nitrogens with one attached hydrogen (secondary N) is 1. The van der Waals surface area contributed by atoms with Crippen molar-refractivity contribution >= 4 is 0 Å². The molecule has 0 amide bonds. The second kappa shape index (κ2) is 8.00. The van der Waals surface area contributed by atoms with Gasteiger partial charge in [-0.05, 0) is 39.7 Å². The summed E-state index contributed by atoms with van der Waals surface area (Å²) in [6, 6.07) is -0.0326. The van der Waals surface area contributed by atoms with Crippen LogP contribution in [-0.4, -0.2) is 31.5 Å². The zero-order chi connectivity index (χ0) is 14.2. The summed E-state index contributed by atoms with van der Waals surface area (Å²) in [5.74, 6) is 0. The molecule has 0 bridgehead atoms. The summed E-state index contributed by atoms with van der Waals surface area (Å²) in [6.07, 6.45) is -2.56. The first-order valence-corrected chi connectivity index (χ1v) is 6.73. The van der Waals surface area contributed by atoms with Crippen LogP contribution in [0.1, 0.15) is 52.9 Å². The van der Waals surface area contributed by atoms with Gasteiger partial charge in [0.25, 0.3) is 0 Å². The zero-order valence-corrected chi connectivity index (χ0v) is 11.9. The maximum Gasteiger partial charge on any atom is 0.389 e. The van der Waals surface area contributed by atoms with E-state index in [2.05, 4.69) is 5.32 Å². The third kappa shape index (κ3) is 5.57. The topological polar surface area (TPSA) is 21.3 Å². The number of alkyl halides is 3. The monoisotopic (exact) mass is 269 g/mol. The van der Waals surface area contributed by atoms with Crippen LogP contribution in [0.4, 0.5) is 13.2 Å². The summed E-state index contributed by atoms with van der Waals surface area (Å²) >= 11 is 0. The van der Waals surface area contributed by atoms with Gasteiger partial charge < -0.3 is 10.1 Å². The van der Waals surface area contributed by atoms with Crippen molar-refractivity contribution in [1.82, 2.24) is 5.32 Å². The number of ether oxygens (including phenoxy) is 1. The maximum atomic E-state index is 12.2. The number of hydrogen-bond donors (Lipinski definition) is 1. The third-order valence-corrected chi connectivity index (χ3v) is 3.57. The molecular weight excluding hydrogens is 243 g/mol. The van der Waals surface area contributed by atoms with Gasteiger partial charge in [-0.25, -0.2) is 0 Å². The van der Waals surface area contributed by atoms with Crippen molar-refractivity contribution in [2.45, 2.75) is 70.7 Å². The highest BCUT2D eigenvalue weighted by molar-refractivity contribution is 4.91. The van der Waals surface area contributed by atoms with E-state index in [1.807, 2.05) is 20.8 Å². The summed E-state index contributed by atoms with van der Waals surface area (Å²) in [4.78, 5) is 0. The molecule has 1 N–H and O–H groups in total. The summed E-state index contributed by atoms with van der Waals surface area (Å²) in [6.45, 7) is 6.54. The minimum atomic E-state index is -4.06. The van der Waals surface area contributed by atoms with E-state index in [0.29, 0.717) is 13.0 Å². The average molecular weight is 269 g/mol. The Bertz CT molecular complexity index is 215. The third-order valence-electron chi connectivity index (χ3n) is 3.57. The van der Waals surface area contributed by atoms with E-state index in [-0.39, 0.29) is 18.1 Å². The molecule has 1 atom stereocenters. The minimum absolute atomic E-state index is 0.0326. The zero-order valence-electron chi connectivity index (χ0n) is 11.9. The van der Waals surface area contributed by atoms with E-state index in [1.54, 1.807) is 7.05 Å². The number of rotatable bonds is 9. The molecule has 1 unspecified atom stereocenters. The molecular formula is C13H26F3NO. The van der Waals surface area contributed by atoms with Gasteiger partial charge in [0.1, 0.15) is 0 Å². The van der Waals surface area contributed by atoms with Crippen LogP contribution in [0.5, 0.6) is 0 Å². The van der Waals surface area contributed by atoms with Gasteiger partial charge in [0.2, 0.25) is 0 Å². The molecule has 0 spiro atoms. The second-order valence-corrected chi connectivity index (χ2v) is 4.55. The Hall–Kier alpha value is -0.290. The largest absolute Gasteiger partial charge is 0.389 e. The highest BCUT2D eigenvalue weighted by atomic mass is 19.4. The SMILES string of the molecule is CCOC(CC)(CC)C(CCCC(F)(F)F)NC. The molecule has 0 aromatic heterocycles. The smallest absolute Gasteiger partial charge is 0.374 e. The Balaban J connectivity index is 4.51. The van der Waals surface area contributed by atoms with E-state index in [9.17, 15) is 13.2 Å². The minimum Gasteiger partial charge on any atom is -0.374 e. The molecule has 110 valence electrons. The van der Waals surface area contributed by atoms with Gasteiger partial charge >= 0.3 is 6.18 Å². The molecule has 0 radical (unpaired) electrons. The fraction of sp³-hybridized carbons (Fsp3) is 1.00. The van der Waals surface area contributed by atoms with E-state index >= 15 is 0 Å². The van der Waals surface area contributed by atoms with E-state index in [4.69, 9.17) is 4.74 Å². The first-order chi connectivity index (χ1) is 8.35. The van der Waals surface area contributed by atoms with E-state index < -0.39 is 12.6 Å². The van der Waals surface area contributed by atoms with Crippen molar-refractivity contribution in [3.8, 4) is 0 Å². The predicted octanol–water partition coefficient (Wildman–Crippen LogP) is 3.90. The van der Waals surface area contributed by atoms with Gasteiger partial charge in [0.15, 0.2) is 0 Å². The van der Waals surface area contributed by atoms with Gasteiger partial charge in [0, 0.05) is 19.1 Å². The lowest BCUT2D eigenvalue weighted by Crippen LogP contribution is -2.51. The number of halogens is 3. The standard InChI is InChI=1S/C13H26F3NO/c1-5-12(6-2,18-7-3)11(17-4)9-8-10-13(14,15)16/h11,17H,5-10H2,1-4H3. The van der Waals surface area contributed by atoms with Gasteiger partial charge in [-0.1, -0.05) is 13.8 Å². The Kier molecular flexibility index (Phi) is 7.87. The molecule has 0 saturated carbocycles. The molecule has 0 heterocycles. The quantitative estimate of drug-likeness (QED) is 0.685. The molecule has 2 nitrogen and oxygen atoms in total. The molecule has 5 heteroatoms. The summed E-state index contributed by atoms with van der Waals surface area (Å²) in [5.41, 5.74) is -0.352. The first kappa shape index (κ1) is 17.7. The van der Waals surface area contributed by atoms with Gasteiger partial charge in [-0.3, -0.25) is 0 Å². The fourth-order valence-corrected chi connectivity index (χ4v) is 2.51. The predicted molar refractivity (Wildman–Crippen MR) is 67.7 cm³/mol. The van der Waals surface area contributed by atoms with Crippen LogP contribution in [-0.2, 0) is 4.74 Å².